The fraction of sp³-hybridized carbons (Fsp3) is 0.316. The summed E-state index contributed by atoms with van der Waals surface area (Å²) in [5.74, 6) is -0.994. The minimum atomic E-state index is -0.624. The van der Waals surface area contributed by atoms with Crippen molar-refractivity contribution < 1.29 is 19.1 Å². The number of carbonyl (C=O) groups is 3. The van der Waals surface area contributed by atoms with Crippen molar-refractivity contribution in [2.75, 3.05) is 6.61 Å². The number of Topliss-reactive ketones (excluding diaryl/α,β-unsaturated/α-hetero) is 2. The highest BCUT2D eigenvalue weighted by molar-refractivity contribution is 6.02. The molecule has 0 aliphatic carbocycles. The average molecular weight is 327 g/mol. The minimum absolute atomic E-state index is 0.133. The van der Waals surface area contributed by atoms with E-state index in [-0.39, 0.29) is 23.9 Å². The van der Waals surface area contributed by atoms with Crippen LogP contribution in [-0.2, 0) is 11.8 Å². The molecule has 0 radical (unpaired) electrons. The summed E-state index contributed by atoms with van der Waals surface area (Å²) < 4.78 is 6.66. The van der Waals surface area contributed by atoms with Crippen LogP contribution in [0.5, 0.6) is 0 Å². The van der Waals surface area contributed by atoms with Gasteiger partial charge in [0, 0.05) is 24.4 Å². The number of nitrogens with zero attached hydrogens (tertiary/aromatic N) is 1. The van der Waals surface area contributed by atoms with Crippen LogP contribution in [0.1, 0.15) is 54.8 Å². The van der Waals surface area contributed by atoms with Gasteiger partial charge in [0.15, 0.2) is 12.4 Å². The molecule has 0 saturated carbocycles. The Kier molecular flexibility index (Phi) is 5.02. The summed E-state index contributed by atoms with van der Waals surface area (Å²) in [6.45, 7) is 6.80. The molecule has 0 bridgehead atoms. The van der Waals surface area contributed by atoms with E-state index in [1.165, 1.54) is 17.6 Å². The van der Waals surface area contributed by atoms with E-state index < -0.39 is 5.97 Å². The zero-order valence-corrected chi connectivity index (χ0v) is 14.6. The Morgan fingerprint density at radius 3 is 2.12 bits per heavy atom. The molecule has 2 rings (SSSR count). The zero-order chi connectivity index (χ0) is 18.0. The average Bonchev–Trinajstić information content (AvgIpc) is 2.86. The summed E-state index contributed by atoms with van der Waals surface area (Å²) in [5.41, 5.74) is 4.08. The highest BCUT2D eigenvalue weighted by atomic mass is 16.5. The number of hydrogen-bond donors (Lipinski definition) is 0. The van der Waals surface area contributed by atoms with Crippen LogP contribution < -0.4 is 0 Å². The Bertz CT molecular complexity index is 807. The molecule has 0 N–H and O–H groups in total. The van der Waals surface area contributed by atoms with Gasteiger partial charge in [0.25, 0.3) is 0 Å². The van der Waals surface area contributed by atoms with Crippen LogP contribution in [0, 0.1) is 20.8 Å². The van der Waals surface area contributed by atoms with E-state index in [9.17, 15) is 14.4 Å². The predicted octanol–water partition coefficient (Wildman–Crippen LogP) is 3.19. The van der Waals surface area contributed by atoms with Crippen LogP contribution in [0.4, 0.5) is 0 Å². The number of aromatic nitrogens is 1. The quantitative estimate of drug-likeness (QED) is 0.625. The lowest BCUT2D eigenvalue weighted by molar-refractivity contribution is 0.0465. The third-order valence-electron chi connectivity index (χ3n) is 3.91. The SMILES string of the molecule is CC(=O)c1cc(C(=O)OCC(=O)c2c(C)cc(C)cc2C)n(C)c1. The summed E-state index contributed by atoms with van der Waals surface area (Å²) >= 11 is 0. The van der Waals surface area contributed by atoms with E-state index in [1.54, 1.807) is 13.2 Å². The standard InChI is InChI=1S/C19H21NO4/c1-11-6-12(2)18(13(3)7-11)17(22)10-24-19(23)16-8-15(14(4)21)9-20(16)5/h6-9H,10H2,1-5H3. The lowest BCUT2D eigenvalue weighted by atomic mass is 9.97. The molecular weight excluding hydrogens is 306 g/mol. The van der Waals surface area contributed by atoms with E-state index in [0.717, 1.165) is 16.7 Å². The van der Waals surface area contributed by atoms with E-state index in [4.69, 9.17) is 4.74 Å². The molecule has 0 aliphatic rings. The normalized spacial score (nSPS) is 10.5. The molecule has 24 heavy (non-hydrogen) atoms. The smallest absolute Gasteiger partial charge is 0.355 e. The third-order valence-corrected chi connectivity index (χ3v) is 3.91. The molecule has 0 saturated heterocycles. The molecule has 0 fully saturated rings. The maximum Gasteiger partial charge on any atom is 0.355 e. The Hall–Kier alpha value is -2.69. The second-order valence-electron chi connectivity index (χ2n) is 6.05. The van der Waals surface area contributed by atoms with E-state index in [1.807, 2.05) is 32.9 Å². The van der Waals surface area contributed by atoms with Crippen molar-refractivity contribution in [3.63, 3.8) is 0 Å². The molecule has 0 atom stereocenters. The number of hydrogen-bond acceptors (Lipinski definition) is 4. The van der Waals surface area contributed by atoms with Gasteiger partial charge in [-0.15, -0.1) is 0 Å². The van der Waals surface area contributed by atoms with Crippen molar-refractivity contribution in [1.82, 2.24) is 4.57 Å². The van der Waals surface area contributed by atoms with E-state index in [0.29, 0.717) is 11.1 Å². The second-order valence-corrected chi connectivity index (χ2v) is 6.05. The Morgan fingerprint density at radius 1 is 1.04 bits per heavy atom. The molecule has 0 amide bonds. The summed E-state index contributed by atoms with van der Waals surface area (Å²) in [6.07, 6.45) is 1.56. The van der Waals surface area contributed by atoms with Gasteiger partial charge in [-0.05, 0) is 44.9 Å². The van der Waals surface area contributed by atoms with Gasteiger partial charge in [-0.1, -0.05) is 17.7 Å². The Balaban J connectivity index is 2.12. The van der Waals surface area contributed by atoms with Gasteiger partial charge in [0.2, 0.25) is 5.78 Å². The molecule has 2 aromatic rings. The number of aryl methyl sites for hydroxylation is 4. The van der Waals surface area contributed by atoms with Crippen LogP contribution in [0.2, 0.25) is 0 Å². The fourth-order valence-corrected chi connectivity index (χ4v) is 2.86. The lowest BCUT2D eigenvalue weighted by Crippen LogP contribution is -2.17. The fourth-order valence-electron chi connectivity index (χ4n) is 2.86. The predicted molar refractivity (Wildman–Crippen MR) is 90.7 cm³/mol. The van der Waals surface area contributed by atoms with Gasteiger partial charge < -0.3 is 9.30 Å². The molecule has 0 unspecified atom stereocenters. The van der Waals surface area contributed by atoms with Crippen LogP contribution >= 0.6 is 0 Å². The molecule has 5 heteroatoms. The van der Waals surface area contributed by atoms with Crippen LogP contribution in [0.25, 0.3) is 0 Å². The molecular formula is C19H21NO4. The first-order chi connectivity index (χ1) is 11.2. The van der Waals surface area contributed by atoms with Gasteiger partial charge >= 0.3 is 5.97 Å². The molecule has 1 aromatic carbocycles. The highest BCUT2D eigenvalue weighted by Gasteiger charge is 2.19. The monoisotopic (exact) mass is 327 g/mol. The number of ketones is 2. The summed E-state index contributed by atoms with van der Waals surface area (Å²) in [6, 6.07) is 5.33. The van der Waals surface area contributed by atoms with Crippen LogP contribution in [0.15, 0.2) is 24.4 Å². The molecule has 126 valence electrons. The number of carbonyl (C=O) groups excluding carboxylic acids is 3. The van der Waals surface area contributed by atoms with Crippen LogP contribution in [0.3, 0.4) is 0 Å². The first-order valence-electron chi connectivity index (χ1n) is 7.66. The van der Waals surface area contributed by atoms with E-state index >= 15 is 0 Å². The second kappa shape index (κ2) is 6.83. The van der Waals surface area contributed by atoms with Gasteiger partial charge in [-0.25, -0.2) is 4.79 Å². The minimum Gasteiger partial charge on any atom is -0.453 e. The van der Waals surface area contributed by atoms with Crippen molar-refractivity contribution in [2.45, 2.75) is 27.7 Å². The van der Waals surface area contributed by atoms with Crippen molar-refractivity contribution in [1.29, 1.82) is 0 Å². The van der Waals surface area contributed by atoms with Crippen molar-refractivity contribution in [3.05, 3.63) is 57.9 Å². The molecule has 0 spiro atoms. The third kappa shape index (κ3) is 3.62. The first kappa shape index (κ1) is 17.7. The van der Waals surface area contributed by atoms with Crippen molar-refractivity contribution in [2.24, 2.45) is 7.05 Å². The highest BCUT2D eigenvalue weighted by Crippen LogP contribution is 2.17. The van der Waals surface area contributed by atoms with Gasteiger partial charge in [0.05, 0.1) is 0 Å². The Labute approximate surface area is 141 Å². The number of rotatable bonds is 5. The number of ether oxygens (including phenoxy) is 1. The lowest BCUT2D eigenvalue weighted by Gasteiger charge is -2.11. The van der Waals surface area contributed by atoms with Crippen LogP contribution in [-0.4, -0.2) is 28.7 Å². The maximum absolute atomic E-state index is 12.4. The summed E-state index contributed by atoms with van der Waals surface area (Å²) in [7, 11) is 1.65. The number of benzene rings is 1. The summed E-state index contributed by atoms with van der Waals surface area (Å²) in [5, 5.41) is 0. The number of esters is 1. The van der Waals surface area contributed by atoms with Crippen molar-refractivity contribution >= 4 is 17.5 Å². The first-order valence-corrected chi connectivity index (χ1v) is 7.66. The topological polar surface area (TPSA) is 65.4 Å². The largest absolute Gasteiger partial charge is 0.453 e. The zero-order valence-electron chi connectivity index (χ0n) is 14.6. The van der Waals surface area contributed by atoms with Gasteiger partial charge in [-0.3, -0.25) is 9.59 Å². The van der Waals surface area contributed by atoms with Gasteiger partial charge in [0.1, 0.15) is 5.69 Å². The van der Waals surface area contributed by atoms with Crippen molar-refractivity contribution in [3.8, 4) is 0 Å². The van der Waals surface area contributed by atoms with E-state index in [2.05, 4.69) is 0 Å². The van der Waals surface area contributed by atoms with Gasteiger partial charge in [-0.2, -0.15) is 0 Å². The molecule has 0 aliphatic heterocycles. The molecule has 1 aromatic heterocycles. The molecule has 5 nitrogen and oxygen atoms in total. The maximum atomic E-state index is 12.4. The summed E-state index contributed by atoms with van der Waals surface area (Å²) in [4.78, 5) is 35.9. The Morgan fingerprint density at radius 2 is 1.62 bits per heavy atom. The molecule has 1 heterocycles.